The zero-order valence-electron chi connectivity index (χ0n) is 21.6. The Morgan fingerprint density at radius 1 is 1.16 bits per heavy atom. The molecule has 198 valence electrons. The van der Waals surface area contributed by atoms with Crippen LogP contribution in [0.1, 0.15) is 44.7 Å². The molecule has 1 saturated heterocycles. The Labute approximate surface area is 226 Å². The highest BCUT2D eigenvalue weighted by molar-refractivity contribution is 6.31. The van der Waals surface area contributed by atoms with Crippen LogP contribution in [-0.2, 0) is 6.54 Å². The van der Waals surface area contributed by atoms with E-state index in [2.05, 4.69) is 20.9 Å². The van der Waals surface area contributed by atoms with Crippen LogP contribution >= 0.6 is 11.6 Å². The third-order valence-electron chi connectivity index (χ3n) is 6.83. The van der Waals surface area contributed by atoms with Gasteiger partial charge in [-0.25, -0.2) is 0 Å². The third-order valence-corrected chi connectivity index (χ3v) is 7.12. The number of nitrogens with zero attached hydrogens (tertiary/aromatic N) is 2. The number of carbonyl (C=O) groups excluding carboxylic acids is 2. The van der Waals surface area contributed by atoms with Gasteiger partial charge in [0, 0.05) is 25.2 Å². The minimum atomic E-state index is -0.116. The van der Waals surface area contributed by atoms with Crippen LogP contribution in [0.2, 0.25) is 5.02 Å². The quantitative estimate of drug-likeness (QED) is 0.404. The summed E-state index contributed by atoms with van der Waals surface area (Å²) in [7, 11) is 3.30. The minimum absolute atomic E-state index is 0.106. The molecule has 2 aromatic carbocycles. The van der Waals surface area contributed by atoms with E-state index >= 15 is 0 Å². The topological polar surface area (TPSA) is 105 Å². The van der Waals surface area contributed by atoms with E-state index in [4.69, 9.17) is 21.1 Å². The molecule has 0 spiro atoms. The van der Waals surface area contributed by atoms with Crippen molar-refractivity contribution < 1.29 is 19.1 Å². The lowest BCUT2D eigenvalue weighted by atomic mass is 10.0. The molecule has 38 heavy (non-hydrogen) atoms. The lowest BCUT2D eigenvalue weighted by Gasteiger charge is -2.24. The number of aromatic nitrogens is 1. The third kappa shape index (κ3) is 5.25. The number of fused-ring (bicyclic) bond motifs is 1. The van der Waals surface area contributed by atoms with Crippen molar-refractivity contribution in [2.45, 2.75) is 32.4 Å². The van der Waals surface area contributed by atoms with Gasteiger partial charge in [-0.05, 0) is 74.3 Å². The van der Waals surface area contributed by atoms with Gasteiger partial charge in [-0.2, -0.15) is 4.98 Å². The SMILES string of the molecule is COc1cc(C(=O)NC2CCNCC2)c(C)cc1Nc1ccc(Cl)c(Oc2cccc3c2C(=O)N(C)C3)n1. The molecule has 1 fully saturated rings. The second-order valence-corrected chi connectivity index (χ2v) is 9.93. The number of rotatable bonds is 7. The summed E-state index contributed by atoms with van der Waals surface area (Å²) >= 11 is 6.40. The Kier molecular flexibility index (Phi) is 7.40. The Morgan fingerprint density at radius 3 is 2.71 bits per heavy atom. The number of piperidine rings is 1. The number of pyridine rings is 1. The lowest BCUT2D eigenvalue weighted by molar-refractivity contribution is 0.0814. The Balaban J connectivity index is 1.37. The smallest absolute Gasteiger partial charge is 0.258 e. The van der Waals surface area contributed by atoms with E-state index in [9.17, 15) is 9.59 Å². The van der Waals surface area contributed by atoms with Crippen LogP contribution < -0.4 is 25.4 Å². The van der Waals surface area contributed by atoms with Crippen LogP contribution in [-0.4, -0.2) is 55.0 Å². The molecule has 3 heterocycles. The predicted molar refractivity (Wildman–Crippen MR) is 146 cm³/mol. The number of anilines is 2. The molecule has 0 unspecified atom stereocenters. The van der Waals surface area contributed by atoms with E-state index in [1.54, 1.807) is 43.3 Å². The molecule has 3 aromatic rings. The number of amides is 2. The normalized spacial score (nSPS) is 15.3. The second-order valence-electron chi connectivity index (χ2n) is 9.53. The van der Waals surface area contributed by atoms with Gasteiger partial charge in [-0.1, -0.05) is 23.7 Å². The standard InChI is InChI=1S/C28H30ClN5O4/c1-16-13-21(23(37-3)14-19(16)26(35)31-18-9-11-30-12-10-18)32-24-8-7-20(29)27(33-24)38-22-6-4-5-17-15-34(2)28(36)25(17)22/h4-8,13-14,18,30H,9-12,15H2,1-3H3,(H,31,35)(H,32,33). The highest BCUT2D eigenvalue weighted by Crippen LogP contribution is 2.37. The van der Waals surface area contributed by atoms with Gasteiger partial charge in [0.25, 0.3) is 11.8 Å². The molecular weight excluding hydrogens is 506 g/mol. The second kappa shape index (κ2) is 10.9. The molecule has 1 aromatic heterocycles. The zero-order chi connectivity index (χ0) is 26.8. The van der Waals surface area contributed by atoms with Crippen molar-refractivity contribution in [3.63, 3.8) is 0 Å². The van der Waals surface area contributed by atoms with E-state index in [-0.39, 0.29) is 23.7 Å². The van der Waals surface area contributed by atoms with Crippen molar-refractivity contribution in [2.24, 2.45) is 0 Å². The molecule has 0 radical (unpaired) electrons. The van der Waals surface area contributed by atoms with Crippen LogP contribution in [0.5, 0.6) is 17.4 Å². The monoisotopic (exact) mass is 535 g/mol. The fourth-order valence-corrected chi connectivity index (χ4v) is 4.93. The zero-order valence-corrected chi connectivity index (χ0v) is 22.3. The number of hydrogen-bond donors (Lipinski definition) is 3. The van der Waals surface area contributed by atoms with E-state index < -0.39 is 0 Å². The largest absolute Gasteiger partial charge is 0.495 e. The molecule has 5 rings (SSSR count). The number of halogens is 1. The highest BCUT2D eigenvalue weighted by Gasteiger charge is 2.29. The van der Waals surface area contributed by atoms with Crippen LogP contribution in [0.3, 0.4) is 0 Å². The van der Waals surface area contributed by atoms with Gasteiger partial charge >= 0.3 is 0 Å². The number of aryl methyl sites for hydroxylation is 1. The van der Waals surface area contributed by atoms with Crippen molar-refractivity contribution >= 4 is 34.9 Å². The van der Waals surface area contributed by atoms with E-state index in [0.29, 0.717) is 45.7 Å². The summed E-state index contributed by atoms with van der Waals surface area (Å²) in [5.74, 6) is 1.31. The Bertz CT molecular complexity index is 1390. The predicted octanol–water partition coefficient (Wildman–Crippen LogP) is 4.66. The van der Waals surface area contributed by atoms with E-state index in [1.807, 2.05) is 25.1 Å². The maximum Gasteiger partial charge on any atom is 0.258 e. The van der Waals surface area contributed by atoms with Crippen LogP contribution in [0.25, 0.3) is 0 Å². The molecule has 0 atom stereocenters. The number of benzene rings is 2. The van der Waals surface area contributed by atoms with Gasteiger partial charge < -0.3 is 30.3 Å². The van der Waals surface area contributed by atoms with Gasteiger partial charge in [-0.3, -0.25) is 9.59 Å². The van der Waals surface area contributed by atoms with Gasteiger partial charge in [0.2, 0.25) is 5.88 Å². The average molecular weight is 536 g/mol. The van der Waals surface area contributed by atoms with E-state index in [1.165, 1.54) is 0 Å². The van der Waals surface area contributed by atoms with Crippen LogP contribution in [0.15, 0.2) is 42.5 Å². The molecule has 0 saturated carbocycles. The van der Waals surface area contributed by atoms with Gasteiger partial charge in [0.1, 0.15) is 22.3 Å². The molecule has 2 amide bonds. The Morgan fingerprint density at radius 2 is 1.95 bits per heavy atom. The van der Waals surface area contributed by atoms with Gasteiger partial charge in [-0.15, -0.1) is 0 Å². The fourth-order valence-electron chi connectivity index (χ4n) is 4.79. The lowest BCUT2D eigenvalue weighted by Crippen LogP contribution is -2.42. The van der Waals surface area contributed by atoms with Gasteiger partial charge in [0.15, 0.2) is 0 Å². The number of hydrogen-bond acceptors (Lipinski definition) is 7. The molecule has 10 heteroatoms. The summed E-state index contributed by atoms with van der Waals surface area (Å²) < 4.78 is 11.6. The molecular formula is C28H30ClN5O4. The van der Waals surface area contributed by atoms with Crippen molar-refractivity contribution in [3.8, 4) is 17.4 Å². The Hall–Kier alpha value is -3.82. The van der Waals surface area contributed by atoms with Crippen molar-refractivity contribution in [2.75, 3.05) is 32.6 Å². The molecule has 0 bridgehead atoms. The molecule has 2 aliphatic heterocycles. The maximum absolute atomic E-state index is 13.0. The number of ether oxygens (including phenoxy) is 2. The summed E-state index contributed by atoms with van der Waals surface area (Å²) in [4.78, 5) is 31.8. The summed E-state index contributed by atoms with van der Waals surface area (Å²) in [5, 5.41) is 9.98. The molecule has 2 aliphatic rings. The average Bonchev–Trinajstić information content (AvgIpc) is 3.20. The summed E-state index contributed by atoms with van der Waals surface area (Å²) in [6.45, 7) is 4.21. The summed E-state index contributed by atoms with van der Waals surface area (Å²) in [5.41, 5.74) is 3.41. The number of carbonyl (C=O) groups is 2. The first-order valence-corrected chi connectivity index (χ1v) is 12.9. The molecule has 9 nitrogen and oxygen atoms in total. The summed E-state index contributed by atoms with van der Waals surface area (Å²) in [6, 6.07) is 12.6. The maximum atomic E-state index is 13.0. The van der Waals surface area contributed by atoms with Crippen LogP contribution in [0, 0.1) is 6.92 Å². The highest BCUT2D eigenvalue weighted by atomic mass is 35.5. The first kappa shape index (κ1) is 25.8. The van der Waals surface area contributed by atoms with Gasteiger partial charge in [0.05, 0.1) is 18.4 Å². The van der Waals surface area contributed by atoms with Crippen molar-refractivity contribution in [3.05, 3.63) is 69.7 Å². The van der Waals surface area contributed by atoms with Crippen molar-refractivity contribution in [1.82, 2.24) is 20.5 Å². The fraction of sp³-hybridized carbons (Fsp3) is 0.321. The molecule has 3 N–H and O–H groups in total. The number of methoxy groups -OCH3 is 1. The number of nitrogens with one attached hydrogen (secondary N) is 3. The first-order chi connectivity index (χ1) is 18.3. The molecule has 0 aliphatic carbocycles. The first-order valence-electron chi connectivity index (χ1n) is 12.5. The van der Waals surface area contributed by atoms with E-state index in [0.717, 1.165) is 37.1 Å². The van der Waals surface area contributed by atoms with Crippen LogP contribution in [0.4, 0.5) is 11.5 Å². The van der Waals surface area contributed by atoms with Crippen molar-refractivity contribution in [1.29, 1.82) is 0 Å². The summed E-state index contributed by atoms with van der Waals surface area (Å²) in [6.07, 6.45) is 1.82. The minimum Gasteiger partial charge on any atom is -0.495 e.